The van der Waals surface area contributed by atoms with Gasteiger partial charge in [-0.3, -0.25) is 0 Å². The number of hydrogen-bond donors (Lipinski definition) is 1. The summed E-state index contributed by atoms with van der Waals surface area (Å²) in [4.78, 5) is 9.08. The first-order valence-electron chi connectivity index (χ1n) is 6.26. The molecule has 0 aromatic carbocycles. The quantitative estimate of drug-likeness (QED) is 0.900. The molecule has 0 bridgehead atoms. The third kappa shape index (κ3) is 1.78. The van der Waals surface area contributed by atoms with E-state index in [9.17, 15) is 0 Å². The second kappa shape index (κ2) is 4.44. The lowest BCUT2D eigenvalue weighted by molar-refractivity contribution is 0.623. The highest BCUT2D eigenvalue weighted by Gasteiger charge is 2.21. The molecule has 2 heterocycles. The predicted octanol–water partition coefficient (Wildman–Crippen LogP) is 3.36. The summed E-state index contributed by atoms with van der Waals surface area (Å²) >= 11 is 0. The lowest BCUT2D eigenvalue weighted by atomic mass is 10.1. The van der Waals surface area contributed by atoms with E-state index in [2.05, 4.69) is 44.2 Å². The number of fused-ring (bicyclic) bond motifs is 1. The van der Waals surface area contributed by atoms with Crippen molar-refractivity contribution >= 4 is 23.1 Å². The van der Waals surface area contributed by atoms with Crippen LogP contribution in [0.1, 0.15) is 50.9 Å². The van der Waals surface area contributed by atoms with Crippen molar-refractivity contribution < 1.29 is 0 Å². The summed E-state index contributed by atoms with van der Waals surface area (Å²) in [5.41, 5.74) is 9.88. The molecule has 0 atom stereocenters. The van der Waals surface area contributed by atoms with Gasteiger partial charge in [0.2, 0.25) is 0 Å². The molecule has 0 aliphatic rings. The van der Waals surface area contributed by atoms with Crippen LogP contribution in [0, 0.1) is 0 Å². The predicted molar refractivity (Wildman–Crippen MR) is 76.5 cm³/mol. The highest BCUT2D eigenvalue weighted by Crippen LogP contribution is 2.34. The number of nitrogens with zero attached hydrogens (tertiary/aromatic N) is 3. The fraction of sp³-hybridized carbons (Fsp3) is 0.429. The highest BCUT2D eigenvalue weighted by atomic mass is 15.1. The molecule has 4 heteroatoms. The van der Waals surface area contributed by atoms with Crippen molar-refractivity contribution in [3.8, 4) is 0 Å². The van der Waals surface area contributed by atoms with Crippen LogP contribution in [-0.2, 0) is 0 Å². The second-order valence-corrected chi connectivity index (χ2v) is 5.09. The second-order valence-electron chi connectivity index (χ2n) is 5.09. The van der Waals surface area contributed by atoms with Crippen molar-refractivity contribution in [2.75, 3.05) is 5.73 Å². The molecule has 0 fully saturated rings. The Hall–Kier alpha value is -1.84. The fourth-order valence-electron chi connectivity index (χ4n) is 2.31. The zero-order valence-corrected chi connectivity index (χ0v) is 11.4. The van der Waals surface area contributed by atoms with E-state index in [0.717, 1.165) is 28.2 Å². The molecule has 0 aliphatic heterocycles. The molecule has 18 heavy (non-hydrogen) atoms. The maximum absolute atomic E-state index is 6.27. The van der Waals surface area contributed by atoms with E-state index >= 15 is 0 Å². The molecule has 2 aromatic rings. The van der Waals surface area contributed by atoms with Gasteiger partial charge in [-0.05, 0) is 25.8 Å². The van der Waals surface area contributed by atoms with Gasteiger partial charge < -0.3 is 10.3 Å². The van der Waals surface area contributed by atoms with Gasteiger partial charge in [0, 0.05) is 11.6 Å². The molecule has 0 unspecified atom stereocenters. The van der Waals surface area contributed by atoms with Crippen LogP contribution in [0.25, 0.3) is 17.2 Å². The van der Waals surface area contributed by atoms with Crippen molar-refractivity contribution in [1.82, 2.24) is 14.5 Å². The van der Waals surface area contributed by atoms with E-state index in [1.54, 1.807) is 12.3 Å². The van der Waals surface area contributed by atoms with Gasteiger partial charge in [-0.25, -0.2) is 9.97 Å². The molecular weight excluding hydrogens is 224 g/mol. The fourth-order valence-corrected chi connectivity index (χ4v) is 2.31. The molecule has 0 radical (unpaired) electrons. The molecule has 96 valence electrons. The van der Waals surface area contributed by atoms with E-state index in [0.29, 0.717) is 5.92 Å². The van der Waals surface area contributed by atoms with Crippen LogP contribution in [-0.4, -0.2) is 14.5 Å². The molecular formula is C14H20N4. The van der Waals surface area contributed by atoms with E-state index in [1.807, 2.05) is 4.57 Å². The number of nitrogen functional groups attached to an aromatic ring is 1. The largest absolute Gasteiger partial charge is 0.385 e. The summed E-state index contributed by atoms with van der Waals surface area (Å²) in [6.07, 6.45) is 3.44. The van der Waals surface area contributed by atoms with Crippen molar-refractivity contribution in [1.29, 1.82) is 0 Å². The smallest absolute Gasteiger partial charge is 0.160 e. The maximum Gasteiger partial charge on any atom is 0.160 e. The van der Waals surface area contributed by atoms with Crippen LogP contribution in [0.3, 0.4) is 0 Å². The third-order valence-electron chi connectivity index (χ3n) is 3.09. The van der Waals surface area contributed by atoms with Crippen molar-refractivity contribution in [2.24, 2.45) is 0 Å². The average Bonchev–Trinajstić information content (AvgIpc) is 2.59. The van der Waals surface area contributed by atoms with Gasteiger partial charge in [0.15, 0.2) is 5.65 Å². The normalized spacial score (nSPS) is 11.7. The van der Waals surface area contributed by atoms with Gasteiger partial charge in [0.05, 0.1) is 11.9 Å². The molecule has 2 N–H and O–H groups in total. The molecule has 0 aliphatic carbocycles. The lowest BCUT2D eigenvalue weighted by Gasteiger charge is -2.11. The van der Waals surface area contributed by atoms with Crippen molar-refractivity contribution in [2.45, 2.75) is 39.7 Å². The van der Waals surface area contributed by atoms with Crippen LogP contribution in [0.2, 0.25) is 0 Å². The van der Waals surface area contributed by atoms with Gasteiger partial charge in [-0.15, -0.1) is 0 Å². The number of anilines is 1. The topological polar surface area (TPSA) is 56.7 Å². The van der Waals surface area contributed by atoms with Crippen molar-refractivity contribution in [3.63, 3.8) is 0 Å². The zero-order valence-electron chi connectivity index (χ0n) is 11.4. The van der Waals surface area contributed by atoms with Gasteiger partial charge in [0.25, 0.3) is 0 Å². The van der Waals surface area contributed by atoms with E-state index in [4.69, 9.17) is 5.73 Å². The monoisotopic (exact) mass is 244 g/mol. The van der Waals surface area contributed by atoms with Crippen LogP contribution in [0.5, 0.6) is 0 Å². The van der Waals surface area contributed by atoms with Gasteiger partial charge in [-0.1, -0.05) is 20.4 Å². The lowest BCUT2D eigenvalue weighted by Crippen LogP contribution is -2.07. The molecule has 4 nitrogen and oxygen atoms in total. The maximum atomic E-state index is 6.27. The number of nitrogens with two attached hydrogens (primary N) is 1. The summed E-state index contributed by atoms with van der Waals surface area (Å²) in [5, 5.41) is 0. The molecule has 0 amide bonds. The summed E-state index contributed by atoms with van der Waals surface area (Å²) in [6.45, 7) is 12.2. The first kappa shape index (κ1) is 12.6. The summed E-state index contributed by atoms with van der Waals surface area (Å²) in [5.74, 6) is 1.10. The van der Waals surface area contributed by atoms with Crippen LogP contribution < -0.4 is 5.73 Å². The first-order chi connectivity index (χ1) is 8.47. The Morgan fingerprint density at radius 1 is 1.33 bits per heavy atom. The van der Waals surface area contributed by atoms with Crippen LogP contribution in [0.15, 0.2) is 12.8 Å². The van der Waals surface area contributed by atoms with Gasteiger partial charge in [-0.2, -0.15) is 0 Å². The standard InChI is InChI=1S/C14H20N4/c1-6-10-7-16-14-12(17-10)11(8(2)3)13(15)18(14)9(4)5/h6-9H,1,15H2,2-5H3. The van der Waals surface area contributed by atoms with E-state index in [1.165, 1.54) is 0 Å². The third-order valence-corrected chi connectivity index (χ3v) is 3.09. The SMILES string of the molecule is C=Cc1cnc2c(n1)c(C(C)C)c(N)n2C(C)C. The Morgan fingerprint density at radius 3 is 2.50 bits per heavy atom. The van der Waals surface area contributed by atoms with E-state index in [-0.39, 0.29) is 6.04 Å². The number of hydrogen-bond acceptors (Lipinski definition) is 3. The molecule has 0 spiro atoms. The Bertz CT molecular complexity index is 593. The first-order valence-corrected chi connectivity index (χ1v) is 6.26. The van der Waals surface area contributed by atoms with Gasteiger partial charge >= 0.3 is 0 Å². The minimum Gasteiger partial charge on any atom is -0.385 e. The number of aromatic nitrogens is 3. The van der Waals surface area contributed by atoms with Crippen LogP contribution in [0.4, 0.5) is 5.82 Å². The Labute approximate surface area is 108 Å². The summed E-state index contributed by atoms with van der Waals surface area (Å²) < 4.78 is 2.05. The average molecular weight is 244 g/mol. The summed E-state index contributed by atoms with van der Waals surface area (Å²) in [6, 6.07) is 0.267. The van der Waals surface area contributed by atoms with Crippen LogP contribution >= 0.6 is 0 Å². The highest BCUT2D eigenvalue weighted by molar-refractivity contribution is 5.84. The summed E-state index contributed by atoms with van der Waals surface area (Å²) in [7, 11) is 0. The van der Waals surface area contributed by atoms with Gasteiger partial charge in [0.1, 0.15) is 11.3 Å². The minimum atomic E-state index is 0.267. The Kier molecular flexibility index (Phi) is 3.11. The minimum absolute atomic E-state index is 0.267. The Morgan fingerprint density at radius 2 is 2.00 bits per heavy atom. The molecule has 0 saturated carbocycles. The van der Waals surface area contributed by atoms with Crippen molar-refractivity contribution in [3.05, 3.63) is 24.0 Å². The zero-order chi connectivity index (χ0) is 13.4. The Balaban J connectivity index is 2.87. The molecule has 2 rings (SSSR count). The molecule has 0 saturated heterocycles. The van der Waals surface area contributed by atoms with E-state index < -0.39 is 0 Å². The number of rotatable bonds is 3. The molecule has 2 aromatic heterocycles.